The number of nitrogens with one attached hydrogen (secondary N) is 1. The lowest BCUT2D eigenvalue weighted by atomic mass is 10.0. The Morgan fingerprint density at radius 2 is 2.19 bits per heavy atom. The van der Waals surface area contributed by atoms with Gasteiger partial charge in [-0.05, 0) is 31.5 Å². The van der Waals surface area contributed by atoms with Crippen LogP contribution in [0.4, 0.5) is 5.69 Å². The van der Waals surface area contributed by atoms with Crippen molar-refractivity contribution in [3.8, 4) is 11.8 Å². The molecule has 0 aliphatic rings. The van der Waals surface area contributed by atoms with E-state index in [0.29, 0.717) is 17.8 Å². The molecule has 0 spiro atoms. The first-order chi connectivity index (χ1) is 10.0. The highest BCUT2D eigenvalue weighted by Crippen LogP contribution is 2.15. The lowest BCUT2D eigenvalue weighted by Gasteiger charge is -2.06. The van der Waals surface area contributed by atoms with Crippen molar-refractivity contribution in [3.05, 3.63) is 46.8 Å². The molecule has 0 unspecified atom stereocenters. The summed E-state index contributed by atoms with van der Waals surface area (Å²) in [6, 6.07) is 5.44. The molecular formula is C16H18N4O. The van der Waals surface area contributed by atoms with E-state index in [1.54, 1.807) is 23.0 Å². The topological polar surface area (TPSA) is 72.9 Å². The van der Waals surface area contributed by atoms with Crippen molar-refractivity contribution in [2.24, 2.45) is 12.8 Å². The average Bonchev–Trinajstić information content (AvgIpc) is 2.76. The smallest absolute Gasteiger partial charge is 0.255 e. The van der Waals surface area contributed by atoms with Crippen molar-refractivity contribution in [3.63, 3.8) is 0 Å². The molecule has 0 saturated carbocycles. The molecule has 2 aromatic rings. The number of rotatable bonds is 2. The minimum Gasteiger partial charge on any atom is -0.320 e. The van der Waals surface area contributed by atoms with Gasteiger partial charge in [0.25, 0.3) is 5.91 Å². The Kier molecular flexibility index (Phi) is 4.41. The zero-order valence-electron chi connectivity index (χ0n) is 12.4. The van der Waals surface area contributed by atoms with Crippen LogP contribution in [0, 0.1) is 25.7 Å². The average molecular weight is 282 g/mol. The number of carbonyl (C=O) groups is 1. The second-order valence-electron chi connectivity index (χ2n) is 4.79. The van der Waals surface area contributed by atoms with Crippen LogP contribution in [0.25, 0.3) is 0 Å². The highest BCUT2D eigenvalue weighted by Gasteiger charge is 2.11. The fraction of sp³-hybridized carbons (Fsp3) is 0.250. The Bertz CT molecular complexity index is 734. The number of nitrogens with zero attached hydrogens (tertiary/aromatic N) is 2. The van der Waals surface area contributed by atoms with E-state index in [2.05, 4.69) is 22.3 Å². The van der Waals surface area contributed by atoms with Gasteiger partial charge in [-0.2, -0.15) is 5.10 Å². The third kappa shape index (κ3) is 3.50. The Morgan fingerprint density at radius 1 is 1.43 bits per heavy atom. The summed E-state index contributed by atoms with van der Waals surface area (Å²) < 4.78 is 1.66. The van der Waals surface area contributed by atoms with Crippen molar-refractivity contribution in [2.75, 3.05) is 11.9 Å². The maximum Gasteiger partial charge on any atom is 0.255 e. The Labute approximate surface area is 124 Å². The lowest BCUT2D eigenvalue weighted by molar-refractivity contribution is 0.102. The van der Waals surface area contributed by atoms with Gasteiger partial charge in [-0.1, -0.05) is 17.9 Å². The molecule has 1 aromatic heterocycles. The van der Waals surface area contributed by atoms with Gasteiger partial charge in [-0.15, -0.1) is 0 Å². The molecule has 3 N–H and O–H groups in total. The van der Waals surface area contributed by atoms with Crippen LogP contribution in [-0.2, 0) is 7.05 Å². The van der Waals surface area contributed by atoms with Gasteiger partial charge >= 0.3 is 0 Å². The molecule has 0 atom stereocenters. The number of amides is 1. The molecule has 21 heavy (non-hydrogen) atoms. The molecule has 0 saturated heterocycles. The highest BCUT2D eigenvalue weighted by molar-refractivity contribution is 6.04. The SMILES string of the molecule is Cc1ccc(C(=O)Nc2cn(C)nc2C)cc1C#CCN. The minimum absolute atomic E-state index is 0.179. The van der Waals surface area contributed by atoms with E-state index in [-0.39, 0.29) is 5.91 Å². The van der Waals surface area contributed by atoms with Crippen LogP contribution < -0.4 is 11.1 Å². The fourth-order valence-electron chi connectivity index (χ4n) is 1.96. The van der Waals surface area contributed by atoms with Gasteiger partial charge in [0, 0.05) is 24.4 Å². The van der Waals surface area contributed by atoms with E-state index in [0.717, 1.165) is 16.8 Å². The molecule has 1 amide bonds. The maximum absolute atomic E-state index is 12.3. The number of nitrogens with two attached hydrogens (primary N) is 1. The predicted octanol–water partition coefficient (Wildman–Crippen LogP) is 1.60. The summed E-state index contributed by atoms with van der Waals surface area (Å²) in [6.07, 6.45) is 1.77. The van der Waals surface area contributed by atoms with Gasteiger partial charge in [0.15, 0.2) is 0 Å². The van der Waals surface area contributed by atoms with Crippen LogP contribution in [0.1, 0.15) is 27.2 Å². The number of carbonyl (C=O) groups excluding carboxylic acids is 1. The molecule has 0 aliphatic carbocycles. The first-order valence-electron chi connectivity index (χ1n) is 6.62. The number of aryl methyl sites for hydroxylation is 3. The lowest BCUT2D eigenvalue weighted by Crippen LogP contribution is -2.12. The number of anilines is 1. The predicted molar refractivity (Wildman–Crippen MR) is 83.0 cm³/mol. The number of hydrogen-bond donors (Lipinski definition) is 2. The van der Waals surface area contributed by atoms with Crippen molar-refractivity contribution in [2.45, 2.75) is 13.8 Å². The zero-order chi connectivity index (χ0) is 15.4. The van der Waals surface area contributed by atoms with Crippen molar-refractivity contribution in [1.29, 1.82) is 0 Å². The van der Waals surface area contributed by atoms with Crippen LogP contribution in [-0.4, -0.2) is 22.2 Å². The molecule has 0 radical (unpaired) electrons. The molecule has 1 aromatic carbocycles. The molecule has 0 fully saturated rings. The van der Waals surface area contributed by atoms with E-state index in [9.17, 15) is 4.79 Å². The van der Waals surface area contributed by atoms with E-state index >= 15 is 0 Å². The van der Waals surface area contributed by atoms with E-state index < -0.39 is 0 Å². The summed E-state index contributed by atoms with van der Waals surface area (Å²) in [4.78, 5) is 12.3. The second kappa shape index (κ2) is 6.25. The summed E-state index contributed by atoms with van der Waals surface area (Å²) in [5.74, 6) is 5.60. The van der Waals surface area contributed by atoms with Gasteiger partial charge in [0.1, 0.15) is 0 Å². The molecule has 5 heteroatoms. The van der Waals surface area contributed by atoms with Crippen molar-refractivity contribution >= 4 is 11.6 Å². The second-order valence-corrected chi connectivity index (χ2v) is 4.79. The van der Waals surface area contributed by atoms with Crippen LogP contribution in [0.3, 0.4) is 0 Å². The Morgan fingerprint density at radius 3 is 2.81 bits per heavy atom. The van der Waals surface area contributed by atoms with Gasteiger partial charge < -0.3 is 11.1 Å². The third-order valence-electron chi connectivity index (χ3n) is 3.09. The Hall–Kier alpha value is -2.58. The molecule has 0 bridgehead atoms. The first-order valence-corrected chi connectivity index (χ1v) is 6.62. The molecule has 5 nitrogen and oxygen atoms in total. The fourth-order valence-corrected chi connectivity index (χ4v) is 1.96. The summed E-state index contributed by atoms with van der Waals surface area (Å²) in [7, 11) is 1.81. The van der Waals surface area contributed by atoms with Crippen LogP contribution in [0.5, 0.6) is 0 Å². The number of benzene rings is 1. The van der Waals surface area contributed by atoms with Gasteiger partial charge in [0.05, 0.1) is 17.9 Å². The highest BCUT2D eigenvalue weighted by atomic mass is 16.1. The van der Waals surface area contributed by atoms with Gasteiger partial charge in [-0.25, -0.2) is 0 Å². The van der Waals surface area contributed by atoms with E-state index in [1.165, 1.54) is 0 Å². The summed E-state index contributed by atoms with van der Waals surface area (Å²) in [5, 5.41) is 7.05. The summed E-state index contributed by atoms with van der Waals surface area (Å²) in [5.41, 5.74) is 9.26. The quantitative estimate of drug-likeness (QED) is 0.822. The molecule has 1 heterocycles. The maximum atomic E-state index is 12.3. The Balaban J connectivity index is 2.25. The normalized spacial score (nSPS) is 9.90. The number of hydrogen-bond acceptors (Lipinski definition) is 3. The monoisotopic (exact) mass is 282 g/mol. The standard InChI is InChI=1S/C16H18N4O/c1-11-6-7-14(9-13(11)5-4-8-17)16(21)18-15-10-20(3)19-12(15)2/h6-7,9-10H,8,17H2,1-3H3,(H,18,21). The van der Waals surface area contributed by atoms with Crippen molar-refractivity contribution < 1.29 is 4.79 Å². The van der Waals surface area contributed by atoms with E-state index in [1.807, 2.05) is 27.0 Å². The molecule has 2 rings (SSSR count). The zero-order valence-corrected chi connectivity index (χ0v) is 12.4. The third-order valence-corrected chi connectivity index (χ3v) is 3.09. The van der Waals surface area contributed by atoms with Crippen LogP contribution in [0.2, 0.25) is 0 Å². The summed E-state index contributed by atoms with van der Waals surface area (Å²) >= 11 is 0. The first kappa shape index (κ1) is 14.8. The van der Waals surface area contributed by atoms with Crippen LogP contribution in [0.15, 0.2) is 24.4 Å². The number of aromatic nitrogens is 2. The molecule has 0 aliphatic heterocycles. The summed E-state index contributed by atoms with van der Waals surface area (Å²) in [6.45, 7) is 4.10. The minimum atomic E-state index is -0.179. The van der Waals surface area contributed by atoms with Crippen molar-refractivity contribution in [1.82, 2.24) is 9.78 Å². The molecule has 108 valence electrons. The largest absolute Gasteiger partial charge is 0.320 e. The van der Waals surface area contributed by atoms with Crippen LogP contribution >= 0.6 is 0 Å². The van der Waals surface area contributed by atoms with Gasteiger partial charge in [0.2, 0.25) is 0 Å². The molecular weight excluding hydrogens is 264 g/mol. The van der Waals surface area contributed by atoms with Gasteiger partial charge in [-0.3, -0.25) is 9.48 Å². The van der Waals surface area contributed by atoms with E-state index in [4.69, 9.17) is 5.73 Å².